The number of benzene rings is 6. The first-order chi connectivity index (χ1) is 24.0. The highest BCUT2D eigenvalue weighted by molar-refractivity contribution is 6.12. The van der Waals surface area contributed by atoms with Crippen LogP contribution in [0.25, 0.3) is 66.1 Å². The van der Waals surface area contributed by atoms with E-state index in [0.717, 1.165) is 78.0 Å². The molecule has 0 atom stereocenters. The van der Waals surface area contributed by atoms with Crippen LogP contribution in [0.5, 0.6) is 0 Å². The average molecular weight is 659 g/mol. The second-order valence-corrected chi connectivity index (χ2v) is 13.1. The van der Waals surface area contributed by atoms with Crippen LogP contribution in [0.3, 0.4) is 0 Å². The Morgan fingerprint density at radius 1 is 0.500 bits per heavy atom. The van der Waals surface area contributed by atoms with Gasteiger partial charge in [0.05, 0.1) is 62.3 Å². The zero-order valence-corrected chi connectivity index (χ0v) is 27.7. The van der Waals surface area contributed by atoms with E-state index in [0.29, 0.717) is 28.1 Å². The summed E-state index contributed by atoms with van der Waals surface area (Å²) in [6.07, 6.45) is -4.63. The van der Waals surface area contributed by atoms with Crippen LogP contribution < -0.4 is 0 Å². The Hall–Kier alpha value is -6.31. The molecule has 4 nitrogen and oxygen atoms in total. The molecule has 2 heterocycles. The normalized spacial score (nSPS) is 11.9. The number of hydrogen-bond donors (Lipinski definition) is 0. The van der Waals surface area contributed by atoms with Gasteiger partial charge >= 0.3 is 6.18 Å². The Balaban J connectivity index is 1.62. The second-order valence-electron chi connectivity index (χ2n) is 13.1. The van der Waals surface area contributed by atoms with E-state index < -0.39 is 11.7 Å². The molecule has 0 saturated carbocycles. The third-order valence-electron chi connectivity index (χ3n) is 9.60. The van der Waals surface area contributed by atoms with Crippen LogP contribution in [0.1, 0.15) is 38.9 Å². The van der Waals surface area contributed by atoms with Crippen molar-refractivity contribution in [1.82, 2.24) is 9.13 Å². The summed E-state index contributed by atoms with van der Waals surface area (Å²) in [5.74, 6) is 0. The van der Waals surface area contributed by atoms with E-state index in [9.17, 15) is 23.7 Å². The first kappa shape index (κ1) is 31.0. The Labute approximate surface area is 286 Å². The third kappa shape index (κ3) is 4.74. The fourth-order valence-electron chi connectivity index (χ4n) is 7.36. The zero-order valence-electron chi connectivity index (χ0n) is 27.7. The van der Waals surface area contributed by atoms with Gasteiger partial charge in [0.15, 0.2) is 0 Å². The van der Waals surface area contributed by atoms with Crippen molar-refractivity contribution in [1.29, 1.82) is 10.5 Å². The minimum Gasteiger partial charge on any atom is -0.308 e. The van der Waals surface area contributed by atoms with Crippen molar-refractivity contribution >= 4 is 43.6 Å². The molecule has 0 amide bonds. The SMILES string of the molecule is Cc1ccc2c(c1)c1cc(C)ccc1n2-c1cc(C#N)cc(-n2c3ccc(C)cc3c3cc(C)ccc32)c1-c1ccc(C(F)(F)F)cc1C#N. The molecule has 50 heavy (non-hydrogen) atoms. The summed E-state index contributed by atoms with van der Waals surface area (Å²) in [5, 5.41) is 25.0. The van der Waals surface area contributed by atoms with E-state index in [1.54, 1.807) is 12.1 Å². The molecular formula is C43H29F3N4. The van der Waals surface area contributed by atoms with Gasteiger partial charge in [-0.15, -0.1) is 0 Å². The highest BCUT2D eigenvalue weighted by Crippen LogP contribution is 2.45. The molecule has 8 aromatic rings. The quantitative estimate of drug-likeness (QED) is 0.190. The van der Waals surface area contributed by atoms with Gasteiger partial charge in [-0.25, -0.2) is 0 Å². The van der Waals surface area contributed by atoms with Crippen LogP contribution in [0, 0.1) is 50.4 Å². The molecule has 8 rings (SSSR count). The van der Waals surface area contributed by atoms with Crippen molar-refractivity contribution in [3.05, 3.63) is 142 Å². The van der Waals surface area contributed by atoms with Gasteiger partial charge in [0.1, 0.15) is 0 Å². The second kappa shape index (κ2) is 11.1. The molecule has 0 aliphatic carbocycles. The van der Waals surface area contributed by atoms with E-state index in [4.69, 9.17) is 0 Å². The van der Waals surface area contributed by atoms with Gasteiger partial charge in [0, 0.05) is 32.7 Å². The monoisotopic (exact) mass is 658 g/mol. The van der Waals surface area contributed by atoms with Gasteiger partial charge in [-0.2, -0.15) is 23.7 Å². The highest BCUT2D eigenvalue weighted by atomic mass is 19.4. The van der Waals surface area contributed by atoms with Gasteiger partial charge in [-0.1, -0.05) is 52.6 Å². The van der Waals surface area contributed by atoms with Crippen LogP contribution in [-0.2, 0) is 6.18 Å². The van der Waals surface area contributed by atoms with Gasteiger partial charge < -0.3 is 9.13 Å². The molecule has 0 aliphatic rings. The molecule has 0 spiro atoms. The summed E-state index contributed by atoms with van der Waals surface area (Å²) in [4.78, 5) is 0. The van der Waals surface area contributed by atoms with Gasteiger partial charge in [-0.3, -0.25) is 0 Å². The lowest BCUT2D eigenvalue weighted by atomic mass is 9.93. The summed E-state index contributed by atoms with van der Waals surface area (Å²) in [6, 6.07) is 36.0. The molecule has 0 bridgehead atoms. The molecule has 242 valence electrons. The first-order valence-corrected chi connectivity index (χ1v) is 16.2. The van der Waals surface area contributed by atoms with Crippen LogP contribution >= 0.6 is 0 Å². The molecule has 6 aromatic carbocycles. The summed E-state index contributed by atoms with van der Waals surface area (Å²) in [6.45, 7) is 8.13. The van der Waals surface area contributed by atoms with Crippen molar-refractivity contribution < 1.29 is 13.2 Å². The van der Waals surface area contributed by atoms with Crippen molar-refractivity contribution in [2.75, 3.05) is 0 Å². The van der Waals surface area contributed by atoms with E-state index in [-0.39, 0.29) is 5.56 Å². The number of nitriles is 2. The number of aromatic nitrogens is 2. The lowest BCUT2D eigenvalue weighted by Gasteiger charge is -2.22. The van der Waals surface area contributed by atoms with E-state index in [1.807, 2.05) is 76.2 Å². The predicted molar refractivity (Wildman–Crippen MR) is 194 cm³/mol. The van der Waals surface area contributed by atoms with E-state index in [1.165, 1.54) is 6.07 Å². The predicted octanol–water partition coefficient (Wildman–Crippen LogP) is 11.5. The summed E-state index contributed by atoms with van der Waals surface area (Å²) in [7, 11) is 0. The van der Waals surface area contributed by atoms with Gasteiger partial charge in [-0.05, 0) is 100 Å². The van der Waals surface area contributed by atoms with E-state index >= 15 is 0 Å². The fourth-order valence-corrected chi connectivity index (χ4v) is 7.36. The number of nitrogens with zero attached hydrogens (tertiary/aromatic N) is 4. The minimum atomic E-state index is -4.63. The van der Waals surface area contributed by atoms with Crippen molar-refractivity contribution in [2.24, 2.45) is 0 Å². The lowest BCUT2D eigenvalue weighted by Crippen LogP contribution is -2.08. The number of alkyl halides is 3. The minimum absolute atomic E-state index is 0.119. The molecule has 0 aliphatic heterocycles. The summed E-state index contributed by atoms with van der Waals surface area (Å²) in [5.41, 5.74) is 9.18. The van der Waals surface area contributed by atoms with Gasteiger partial charge in [0.2, 0.25) is 0 Å². The number of fused-ring (bicyclic) bond motifs is 6. The molecule has 2 aromatic heterocycles. The Kier molecular flexibility index (Phi) is 6.89. The first-order valence-electron chi connectivity index (χ1n) is 16.2. The molecular weight excluding hydrogens is 629 g/mol. The standard InChI is InChI=1S/C43H29F3N4/c1-24-5-11-36-32(15-24)33-16-25(2)6-12-37(33)49(36)40-19-28(22-47)20-41(42(40)31-10-9-30(43(44,45)46)21-29(31)23-48)50-38-13-7-26(3)17-34(38)35-18-27(4)8-14-39(35)50/h5-21H,1-4H3. The molecule has 0 fully saturated rings. The lowest BCUT2D eigenvalue weighted by molar-refractivity contribution is -0.137. The Bertz CT molecular complexity index is 2550. The maximum Gasteiger partial charge on any atom is 0.416 e. The topological polar surface area (TPSA) is 57.4 Å². The smallest absolute Gasteiger partial charge is 0.308 e. The zero-order chi connectivity index (χ0) is 35.1. The number of halogens is 3. The van der Waals surface area contributed by atoms with Crippen molar-refractivity contribution in [2.45, 2.75) is 33.9 Å². The largest absolute Gasteiger partial charge is 0.416 e. The average Bonchev–Trinajstić information content (AvgIpc) is 3.57. The molecule has 0 radical (unpaired) electrons. The number of aryl methyl sites for hydroxylation is 4. The highest BCUT2D eigenvalue weighted by Gasteiger charge is 2.32. The summed E-state index contributed by atoms with van der Waals surface area (Å²) >= 11 is 0. The fraction of sp³-hybridized carbons (Fsp3) is 0.116. The maximum absolute atomic E-state index is 14.0. The van der Waals surface area contributed by atoms with Crippen LogP contribution in [0.15, 0.2) is 103 Å². The Morgan fingerprint density at radius 3 is 1.24 bits per heavy atom. The van der Waals surface area contributed by atoms with Crippen molar-refractivity contribution in [3.63, 3.8) is 0 Å². The molecule has 0 saturated heterocycles. The maximum atomic E-state index is 14.0. The van der Waals surface area contributed by atoms with Crippen LogP contribution in [0.2, 0.25) is 0 Å². The molecule has 7 heteroatoms. The Morgan fingerprint density at radius 2 is 0.900 bits per heavy atom. The van der Waals surface area contributed by atoms with Crippen LogP contribution in [0.4, 0.5) is 13.2 Å². The third-order valence-corrected chi connectivity index (χ3v) is 9.60. The van der Waals surface area contributed by atoms with Crippen molar-refractivity contribution in [3.8, 4) is 34.6 Å². The number of hydrogen-bond acceptors (Lipinski definition) is 2. The molecule has 0 N–H and O–H groups in total. The van der Waals surface area contributed by atoms with E-state index in [2.05, 4.69) is 45.5 Å². The summed E-state index contributed by atoms with van der Waals surface area (Å²) < 4.78 is 46.2. The van der Waals surface area contributed by atoms with Crippen LogP contribution in [-0.4, -0.2) is 9.13 Å². The van der Waals surface area contributed by atoms with Gasteiger partial charge in [0.25, 0.3) is 0 Å². The molecule has 0 unspecified atom stereocenters. The number of rotatable bonds is 3.